The Morgan fingerprint density at radius 3 is 2.71 bits per heavy atom. The molecule has 0 aromatic carbocycles. The number of nitrogens with two attached hydrogens (primary N) is 1. The van der Waals surface area contributed by atoms with Crippen LogP contribution in [-0.2, 0) is 19.3 Å². The van der Waals surface area contributed by atoms with Crippen molar-refractivity contribution in [1.29, 1.82) is 0 Å². The van der Waals surface area contributed by atoms with Gasteiger partial charge in [-0.3, -0.25) is 0 Å². The number of aryl methyl sites for hydroxylation is 1. The molecule has 14 heavy (non-hydrogen) atoms. The highest BCUT2D eigenvalue weighted by Gasteiger charge is 2.23. The van der Waals surface area contributed by atoms with Gasteiger partial charge in [0.1, 0.15) is 0 Å². The predicted molar refractivity (Wildman–Crippen MR) is 66.0 cm³/mol. The largest absolute Gasteiger partial charge is 0.325 e. The molecule has 0 bridgehead atoms. The molecule has 1 aromatic heterocycles. The maximum Gasteiger partial charge on any atom is 0.0350 e. The third kappa shape index (κ3) is 2.05. The van der Waals surface area contributed by atoms with Gasteiger partial charge in [0.2, 0.25) is 0 Å². The molecule has 1 aliphatic carbocycles. The second kappa shape index (κ2) is 3.62. The fourth-order valence-electron chi connectivity index (χ4n) is 1.95. The van der Waals surface area contributed by atoms with E-state index in [1.165, 1.54) is 28.6 Å². The van der Waals surface area contributed by atoms with Crippen LogP contribution in [0.4, 0.5) is 0 Å². The maximum atomic E-state index is 6.04. The van der Waals surface area contributed by atoms with Gasteiger partial charge in [-0.25, -0.2) is 0 Å². The van der Waals surface area contributed by atoms with E-state index >= 15 is 0 Å². The SMILES string of the molecule is CC(C)(N)Cc1sc2c(c1Br)CCC2. The predicted octanol–water partition coefficient (Wildman–Crippen LogP) is 3.28. The van der Waals surface area contributed by atoms with E-state index in [4.69, 9.17) is 5.73 Å². The van der Waals surface area contributed by atoms with Gasteiger partial charge in [-0.1, -0.05) is 0 Å². The van der Waals surface area contributed by atoms with E-state index in [-0.39, 0.29) is 5.54 Å². The molecule has 0 unspecified atom stereocenters. The third-order valence-electron chi connectivity index (χ3n) is 2.54. The summed E-state index contributed by atoms with van der Waals surface area (Å²) < 4.78 is 1.34. The molecule has 1 aromatic rings. The summed E-state index contributed by atoms with van der Waals surface area (Å²) in [6.45, 7) is 4.18. The van der Waals surface area contributed by atoms with Gasteiger partial charge in [-0.15, -0.1) is 11.3 Å². The van der Waals surface area contributed by atoms with Crippen LogP contribution < -0.4 is 5.73 Å². The van der Waals surface area contributed by atoms with Crippen LogP contribution in [0.3, 0.4) is 0 Å². The molecule has 78 valence electrons. The average Bonchev–Trinajstić information content (AvgIpc) is 2.55. The summed E-state index contributed by atoms with van der Waals surface area (Å²) in [5.74, 6) is 0. The zero-order chi connectivity index (χ0) is 10.3. The summed E-state index contributed by atoms with van der Waals surface area (Å²) in [7, 11) is 0. The second-order valence-corrected chi connectivity index (χ2v) is 6.74. The first kappa shape index (κ1) is 10.7. The monoisotopic (exact) mass is 273 g/mol. The van der Waals surface area contributed by atoms with Gasteiger partial charge in [0.15, 0.2) is 0 Å². The topological polar surface area (TPSA) is 26.0 Å². The molecule has 0 radical (unpaired) electrons. The smallest absolute Gasteiger partial charge is 0.0350 e. The minimum absolute atomic E-state index is 0.0961. The van der Waals surface area contributed by atoms with E-state index in [0.29, 0.717) is 0 Å². The molecule has 2 N–H and O–H groups in total. The standard InChI is InChI=1S/C11H16BrNS/c1-11(2,13)6-9-10(12)7-4-3-5-8(7)14-9/h3-6,13H2,1-2H3. The normalized spacial score (nSPS) is 16.0. The summed E-state index contributed by atoms with van der Waals surface area (Å²) in [5.41, 5.74) is 7.50. The van der Waals surface area contributed by atoms with Crippen LogP contribution in [0.25, 0.3) is 0 Å². The summed E-state index contributed by atoms with van der Waals surface area (Å²) in [4.78, 5) is 3.01. The van der Waals surface area contributed by atoms with Crippen LogP contribution in [0.2, 0.25) is 0 Å². The van der Waals surface area contributed by atoms with Gasteiger partial charge < -0.3 is 5.73 Å². The highest BCUT2D eigenvalue weighted by atomic mass is 79.9. The molecule has 0 saturated heterocycles. The fourth-order valence-corrected chi connectivity index (χ4v) is 4.43. The first-order valence-electron chi connectivity index (χ1n) is 5.05. The van der Waals surface area contributed by atoms with Gasteiger partial charge in [-0.2, -0.15) is 0 Å². The van der Waals surface area contributed by atoms with Crippen LogP contribution in [0.15, 0.2) is 4.47 Å². The van der Waals surface area contributed by atoms with Crippen molar-refractivity contribution >= 4 is 27.3 Å². The Balaban J connectivity index is 2.28. The molecule has 0 atom stereocenters. The molecule has 1 nitrogen and oxygen atoms in total. The summed E-state index contributed by atoms with van der Waals surface area (Å²) in [6.07, 6.45) is 4.82. The van der Waals surface area contributed by atoms with Gasteiger partial charge in [0.25, 0.3) is 0 Å². The number of fused-ring (bicyclic) bond motifs is 1. The molecule has 0 fully saturated rings. The Hall–Kier alpha value is 0.140. The number of thiophene rings is 1. The highest BCUT2D eigenvalue weighted by Crippen LogP contribution is 2.39. The number of hydrogen-bond donors (Lipinski definition) is 1. The second-order valence-electron chi connectivity index (χ2n) is 4.76. The number of rotatable bonds is 2. The molecule has 0 spiro atoms. The minimum Gasteiger partial charge on any atom is -0.325 e. The highest BCUT2D eigenvalue weighted by molar-refractivity contribution is 9.10. The minimum atomic E-state index is -0.0961. The van der Waals surface area contributed by atoms with Gasteiger partial charge >= 0.3 is 0 Å². The molecule has 3 heteroatoms. The van der Waals surface area contributed by atoms with Crippen molar-refractivity contribution in [1.82, 2.24) is 0 Å². The van der Waals surface area contributed by atoms with Gasteiger partial charge in [0.05, 0.1) is 0 Å². The molecular formula is C11H16BrNS. The van der Waals surface area contributed by atoms with Crippen molar-refractivity contribution in [2.75, 3.05) is 0 Å². The quantitative estimate of drug-likeness (QED) is 0.880. The number of hydrogen-bond acceptors (Lipinski definition) is 2. The lowest BCUT2D eigenvalue weighted by Crippen LogP contribution is -2.34. The first-order valence-corrected chi connectivity index (χ1v) is 6.66. The third-order valence-corrected chi connectivity index (χ3v) is 5.05. The van der Waals surface area contributed by atoms with Crippen molar-refractivity contribution in [3.05, 3.63) is 19.8 Å². The molecule has 1 aliphatic rings. The van der Waals surface area contributed by atoms with Gasteiger partial charge in [0, 0.05) is 26.2 Å². The van der Waals surface area contributed by atoms with Crippen LogP contribution in [-0.4, -0.2) is 5.54 Å². The lowest BCUT2D eigenvalue weighted by Gasteiger charge is -2.17. The zero-order valence-corrected chi connectivity index (χ0v) is 11.1. The molecular weight excluding hydrogens is 258 g/mol. The Labute approximate surface area is 97.8 Å². The van der Waals surface area contributed by atoms with Crippen molar-refractivity contribution in [3.63, 3.8) is 0 Å². The maximum absolute atomic E-state index is 6.04. The lowest BCUT2D eigenvalue weighted by atomic mass is 10.0. The van der Waals surface area contributed by atoms with E-state index < -0.39 is 0 Å². The zero-order valence-electron chi connectivity index (χ0n) is 8.69. The van der Waals surface area contributed by atoms with Crippen molar-refractivity contribution in [2.45, 2.75) is 45.1 Å². The summed E-state index contributed by atoms with van der Waals surface area (Å²) >= 11 is 5.66. The summed E-state index contributed by atoms with van der Waals surface area (Å²) in [6, 6.07) is 0. The van der Waals surface area contributed by atoms with E-state index in [2.05, 4.69) is 29.8 Å². The van der Waals surface area contributed by atoms with Crippen LogP contribution >= 0.6 is 27.3 Å². The molecule has 0 amide bonds. The molecule has 2 rings (SSSR count). The van der Waals surface area contributed by atoms with Crippen LogP contribution in [0.5, 0.6) is 0 Å². The van der Waals surface area contributed by atoms with E-state index in [1.54, 1.807) is 10.4 Å². The Bertz CT molecular complexity index is 349. The Morgan fingerprint density at radius 1 is 1.43 bits per heavy atom. The van der Waals surface area contributed by atoms with Crippen molar-refractivity contribution < 1.29 is 0 Å². The molecule has 0 saturated carbocycles. The number of halogens is 1. The van der Waals surface area contributed by atoms with Crippen LogP contribution in [0.1, 0.15) is 35.6 Å². The average molecular weight is 274 g/mol. The van der Waals surface area contributed by atoms with Crippen LogP contribution in [0, 0.1) is 0 Å². The molecule has 0 aliphatic heterocycles. The summed E-state index contributed by atoms with van der Waals surface area (Å²) in [5, 5.41) is 0. The lowest BCUT2D eigenvalue weighted by molar-refractivity contribution is 0.520. The molecule has 1 heterocycles. The Kier molecular flexibility index (Phi) is 2.75. The fraction of sp³-hybridized carbons (Fsp3) is 0.636. The van der Waals surface area contributed by atoms with Crippen molar-refractivity contribution in [3.8, 4) is 0 Å². The first-order chi connectivity index (χ1) is 6.47. The van der Waals surface area contributed by atoms with E-state index in [9.17, 15) is 0 Å². The van der Waals surface area contributed by atoms with Gasteiger partial charge in [-0.05, 0) is 54.6 Å². The van der Waals surface area contributed by atoms with Crippen molar-refractivity contribution in [2.24, 2.45) is 5.73 Å². The Morgan fingerprint density at radius 2 is 2.14 bits per heavy atom. The van der Waals surface area contributed by atoms with E-state index in [0.717, 1.165) is 6.42 Å². The van der Waals surface area contributed by atoms with E-state index in [1.807, 2.05) is 11.3 Å².